The van der Waals surface area contributed by atoms with Gasteiger partial charge >= 0.3 is 5.97 Å². The van der Waals surface area contributed by atoms with Gasteiger partial charge in [-0.2, -0.15) is 0 Å². The molecule has 158 valence electrons. The summed E-state index contributed by atoms with van der Waals surface area (Å²) in [5, 5.41) is 9.64. The van der Waals surface area contributed by atoms with Crippen LogP contribution >= 0.6 is 23.4 Å². The van der Waals surface area contributed by atoms with E-state index >= 15 is 0 Å². The van der Waals surface area contributed by atoms with Gasteiger partial charge in [0.2, 0.25) is 0 Å². The second-order valence-corrected chi connectivity index (χ2v) is 7.71. The molecule has 0 saturated carbocycles. The van der Waals surface area contributed by atoms with Gasteiger partial charge in [-0.15, -0.1) is 10.2 Å². The molecule has 0 unspecified atom stereocenters. The summed E-state index contributed by atoms with van der Waals surface area (Å²) < 4.78 is 12.2. The lowest BCUT2D eigenvalue weighted by atomic mass is 10.2. The fourth-order valence-electron chi connectivity index (χ4n) is 2.64. The number of hydrogen-bond acceptors (Lipinski definition) is 7. The average molecular weight is 449 g/mol. The highest BCUT2D eigenvalue weighted by Gasteiger charge is 2.17. The van der Waals surface area contributed by atoms with Gasteiger partial charge in [-0.05, 0) is 43.3 Å². The predicted molar refractivity (Wildman–Crippen MR) is 113 cm³/mol. The van der Waals surface area contributed by atoms with Crippen LogP contribution in [0.4, 0.5) is 0 Å². The standard InChI is InChI=1S/C20H21ClN4O4S/c1-3-25-19(14-6-8-15(21)9-7-14)22-23-20(25)30-13-18(27)29-12-17(26)24(2)11-16-5-4-10-28-16/h4-10H,3,11-13H2,1-2H3. The Labute approximate surface area is 183 Å². The number of likely N-dealkylation sites (N-methyl/N-ethyl adjacent to an activating group) is 1. The van der Waals surface area contributed by atoms with Gasteiger partial charge < -0.3 is 18.6 Å². The van der Waals surface area contributed by atoms with Crippen molar-refractivity contribution in [2.75, 3.05) is 19.4 Å². The first kappa shape index (κ1) is 21.9. The number of rotatable bonds is 9. The van der Waals surface area contributed by atoms with E-state index in [2.05, 4.69) is 10.2 Å². The van der Waals surface area contributed by atoms with Crippen LogP contribution < -0.4 is 0 Å². The first-order valence-corrected chi connectivity index (χ1v) is 10.6. The second kappa shape index (κ2) is 10.3. The number of benzene rings is 1. The zero-order valence-corrected chi connectivity index (χ0v) is 18.2. The number of aromatic nitrogens is 3. The maximum Gasteiger partial charge on any atom is 0.316 e. The van der Waals surface area contributed by atoms with Crippen LogP contribution in [0.2, 0.25) is 5.02 Å². The molecule has 1 amide bonds. The molecule has 1 aromatic carbocycles. The predicted octanol–water partition coefficient (Wildman–Crippen LogP) is 3.51. The first-order valence-electron chi connectivity index (χ1n) is 9.21. The molecule has 0 aliphatic rings. The molecule has 30 heavy (non-hydrogen) atoms. The molecule has 0 spiro atoms. The number of amides is 1. The normalized spacial score (nSPS) is 10.8. The highest BCUT2D eigenvalue weighted by molar-refractivity contribution is 7.99. The summed E-state index contributed by atoms with van der Waals surface area (Å²) in [6.07, 6.45) is 1.54. The Morgan fingerprint density at radius 2 is 2.00 bits per heavy atom. The maximum absolute atomic E-state index is 12.1. The van der Waals surface area contributed by atoms with Crippen molar-refractivity contribution in [1.29, 1.82) is 0 Å². The minimum Gasteiger partial charge on any atom is -0.467 e. The summed E-state index contributed by atoms with van der Waals surface area (Å²) in [5.41, 5.74) is 0.883. The Hall–Kier alpha value is -2.78. The van der Waals surface area contributed by atoms with Crippen molar-refractivity contribution in [2.45, 2.75) is 25.2 Å². The molecule has 0 aliphatic heterocycles. The summed E-state index contributed by atoms with van der Waals surface area (Å²) in [6.45, 7) is 2.59. The lowest BCUT2D eigenvalue weighted by molar-refractivity contribution is -0.149. The van der Waals surface area contributed by atoms with Gasteiger partial charge in [0, 0.05) is 24.2 Å². The fraction of sp³-hybridized carbons (Fsp3) is 0.300. The third-order valence-electron chi connectivity index (χ3n) is 4.21. The van der Waals surface area contributed by atoms with E-state index in [0.29, 0.717) is 34.9 Å². The second-order valence-electron chi connectivity index (χ2n) is 6.34. The van der Waals surface area contributed by atoms with Gasteiger partial charge in [-0.25, -0.2) is 0 Å². The van der Waals surface area contributed by atoms with Gasteiger partial charge in [0.25, 0.3) is 5.91 Å². The Morgan fingerprint density at radius 1 is 1.23 bits per heavy atom. The average Bonchev–Trinajstić information content (AvgIpc) is 3.40. The minimum atomic E-state index is -0.501. The van der Waals surface area contributed by atoms with Crippen molar-refractivity contribution in [3.63, 3.8) is 0 Å². The molecule has 2 heterocycles. The van der Waals surface area contributed by atoms with Gasteiger partial charge in [0.15, 0.2) is 17.6 Å². The third-order valence-corrected chi connectivity index (χ3v) is 5.40. The molecule has 0 bridgehead atoms. The molecule has 0 N–H and O–H groups in total. The van der Waals surface area contributed by atoms with Crippen LogP contribution in [-0.4, -0.2) is 50.9 Å². The molecular formula is C20H21ClN4O4S. The van der Waals surface area contributed by atoms with Gasteiger partial charge in [0.05, 0.1) is 18.6 Å². The molecule has 10 heteroatoms. The van der Waals surface area contributed by atoms with Crippen molar-refractivity contribution in [3.8, 4) is 11.4 Å². The van der Waals surface area contributed by atoms with Crippen LogP contribution in [0.5, 0.6) is 0 Å². The zero-order valence-electron chi connectivity index (χ0n) is 16.6. The van der Waals surface area contributed by atoms with E-state index in [4.69, 9.17) is 20.8 Å². The van der Waals surface area contributed by atoms with Crippen LogP contribution in [0, 0.1) is 0 Å². The Bertz CT molecular complexity index is 989. The lowest BCUT2D eigenvalue weighted by Crippen LogP contribution is -2.31. The third kappa shape index (κ3) is 5.64. The quantitative estimate of drug-likeness (QED) is 0.365. The Morgan fingerprint density at radius 3 is 2.67 bits per heavy atom. The summed E-state index contributed by atoms with van der Waals surface area (Å²) in [4.78, 5) is 25.6. The van der Waals surface area contributed by atoms with Gasteiger partial charge in [0.1, 0.15) is 5.76 Å². The topological polar surface area (TPSA) is 90.5 Å². The van der Waals surface area contributed by atoms with E-state index < -0.39 is 5.97 Å². The van der Waals surface area contributed by atoms with Crippen LogP contribution in [0.3, 0.4) is 0 Å². The molecule has 0 radical (unpaired) electrons. The molecule has 2 aromatic heterocycles. The van der Waals surface area contributed by atoms with Crippen molar-refractivity contribution in [2.24, 2.45) is 0 Å². The van der Waals surface area contributed by atoms with Crippen LogP contribution in [0.25, 0.3) is 11.4 Å². The smallest absolute Gasteiger partial charge is 0.316 e. The van der Waals surface area contributed by atoms with Gasteiger partial charge in [-0.1, -0.05) is 23.4 Å². The van der Waals surface area contributed by atoms with Crippen molar-refractivity contribution >= 4 is 35.2 Å². The van der Waals surface area contributed by atoms with E-state index in [1.54, 1.807) is 31.3 Å². The van der Waals surface area contributed by atoms with E-state index in [9.17, 15) is 9.59 Å². The van der Waals surface area contributed by atoms with E-state index in [-0.39, 0.29) is 18.3 Å². The highest BCUT2D eigenvalue weighted by Crippen LogP contribution is 2.25. The number of carbonyl (C=O) groups is 2. The van der Waals surface area contributed by atoms with E-state index in [0.717, 1.165) is 5.56 Å². The molecule has 0 fully saturated rings. The van der Waals surface area contributed by atoms with Crippen molar-refractivity contribution < 1.29 is 18.7 Å². The molecule has 3 aromatic rings. The van der Waals surface area contributed by atoms with Crippen LogP contribution in [0.15, 0.2) is 52.2 Å². The van der Waals surface area contributed by atoms with Crippen LogP contribution in [0.1, 0.15) is 12.7 Å². The zero-order chi connectivity index (χ0) is 21.5. The molecule has 0 aliphatic carbocycles. The molecule has 0 atom stereocenters. The molecule has 3 rings (SSSR count). The van der Waals surface area contributed by atoms with Crippen molar-refractivity contribution in [3.05, 3.63) is 53.4 Å². The molecule has 0 saturated heterocycles. The highest BCUT2D eigenvalue weighted by atomic mass is 35.5. The van der Waals surface area contributed by atoms with E-state index in [1.807, 2.05) is 23.6 Å². The summed E-state index contributed by atoms with van der Waals surface area (Å²) in [7, 11) is 1.62. The first-order chi connectivity index (χ1) is 14.5. The molecule has 8 nitrogen and oxygen atoms in total. The SMILES string of the molecule is CCn1c(SCC(=O)OCC(=O)N(C)Cc2ccco2)nnc1-c1ccc(Cl)cc1. The summed E-state index contributed by atoms with van der Waals surface area (Å²) in [6, 6.07) is 10.8. The fourth-order valence-corrected chi connectivity index (χ4v) is 3.56. The monoisotopic (exact) mass is 448 g/mol. The number of hydrogen-bond donors (Lipinski definition) is 0. The number of nitrogens with zero attached hydrogens (tertiary/aromatic N) is 4. The molecular weight excluding hydrogens is 428 g/mol. The number of thioether (sulfide) groups is 1. The lowest BCUT2D eigenvalue weighted by Gasteiger charge is -2.15. The summed E-state index contributed by atoms with van der Waals surface area (Å²) in [5.74, 6) is 0.557. The maximum atomic E-state index is 12.1. The number of halogens is 1. The number of carbonyl (C=O) groups excluding carboxylic acids is 2. The van der Waals surface area contributed by atoms with Gasteiger partial charge in [-0.3, -0.25) is 9.59 Å². The minimum absolute atomic E-state index is 0.0218. The Kier molecular flexibility index (Phi) is 7.53. The van der Waals surface area contributed by atoms with Crippen LogP contribution in [-0.2, 0) is 27.4 Å². The largest absolute Gasteiger partial charge is 0.467 e. The number of ether oxygens (including phenoxy) is 1. The van der Waals surface area contributed by atoms with E-state index in [1.165, 1.54) is 22.9 Å². The number of furan rings is 1. The summed E-state index contributed by atoms with van der Waals surface area (Å²) >= 11 is 7.15. The van der Waals surface area contributed by atoms with Crippen molar-refractivity contribution in [1.82, 2.24) is 19.7 Å². The number of esters is 1. The Balaban J connectivity index is 1.51.